The van der Waals surface area contributed by atoms with Crippen LogP contribution < -0.4 is 10.2 Å². The first-order valence-electron chi connectivity index (χ1n) is 7.20. The topological polar surface area (TPSA) is 44.7 Å². The number of hydrogen-bond acceptors (Lipinski definition) is 2. The minimum atomic E-state index is 0.148. The van der Waals surface area contributed by atoms with Gasteiger partial charge in [0.25, 0.3) is 0 Å². The third-order valence-electron chi connectivity index (χ3n) is 4.06. The number of anilines is 2. The van der Waals surface area contributed by atoms with E-state index < -0.39 is 0 Å². The zero-order valence-corrected chi connectivity index (χ0v) is 12.5. The number of nitrogens with one attached hydrogen (secondary N) is 1. The Labute approximate surface area is 120 Å². The second kappa shape index (κ2) is 6.55. The van der Waals surface area contributed by atoms with Crippen LogP contribution in [0.1, 0.15) is 32.6 Å². The lowest BCUT2D eigenvalue weighted by atomic mass is 10.1. The Balaban J connectivity index is 2.17. The number of amides is 1. The molecule has 0 spiro atoms. The Bertz CT molecular complexity index is 504. The standard InChI is InChI=1S/C16H23N3O/c1-12(17-2)19(3)15-11-7-6-10-14(15)18-16(20)13-8-4-5-9-13/h6-7,10-11,13H,4-5,8-9H2,1-3H3,(H,18,20). The third-order valence-corrected chi connectivity index (χ3v) is 4.06. The van der Waals surface area contributed by atoms with E-state index in [-0.39, 0.29) is 11.8 Å². The van der Waals surface area contributed by atoms with E-state index in [1.165, 1.54) is 12.8 Å². The molecule has 0 aliphatic heterocycles. The zero-order chi connectivity index (χ0) is 14.5. The van der Waals surface area contributed by atoms with Crippen LogP contribution in [-0.4, -0.2) is 25.8 Å². The molecular formula is C16H23N3O. The van der Waals surface area contributed by atoms with Gasteiger partial charge in [0.05, 0.1) is 17.2 Å². The van der Waals surface area contributed by atoms with Gasteiger partial charge in [0.1, 0.15) is 0 Å². The number of aliphatic imine (C=N–C) groups is 1. The number of carbonyl (C=O) groups excluding carboxylic acids is 1. The molecule has 1 fully saturated rings. The first-order valence-corrected chi connectivity index (χ1v) is 7.20. The molecule has 1 aromatic rings. The molecule has 0 bridgehead atoms. The molecule has 2 rings (SSSR count). The summed E-state index contributed by atoms with van der Waals surface area (Å²) in [6.07, 6.45) is 4.36. The Morgan fingerprint density at radius 2 is 1.95 bits per heavy atom. The molecule has 20 heavy (non-hydrogen) atoms. The van der Waals surface area contributed by atoms with Crippen molar-refractivity contribution in [1.29, 1.82) is 0 Å². The molecule has 0 atom stereocenters. The van der Waals surface area contributed by atoms with Crippen molar-refractivity contribution in [2.24, 2.45) is 10.9 Å². The first kappa shape index (κ1) is 14.6. The van der Waals surface area contributed by atoms with Crippen LogP contribution in [0.2, 0.25) is 0 Å². The van der Waals surface area contributed by atoms with Crippen molar-refractivity contribution < 1.29 is 4.79 Å². The van der Waals surface area contributed by atoms with Crippen molar-refractivity contribution >= 4 is 23.1 Å². The minimum absolute atomic E-state index is 0.148. The Kier molecular flexibility index (Phi) is 4.77. The second-order valence-corrected chi connectivity index (χ2v) is 5.32. The number of hydrogen-bond donors (Lipinski definition) is 1. The normalized spacial score (nSPS) is 16.2. The van der Waals surface area contributed by atoms with Crippen LogP contribution in [0.3, 0.4) is 0 Å². The fourth-order valence-electron chi connectivity index (χ4n) is 2.62. The lowest BCUT2D eigenvalue weighted by Crippen LogP contribution is -2.26. The number of carbonyl (C=O) groups is 1. The average molecular weight is 273 g/mol. The summed E-state index contributed by atoms with van der Waals surface area (Å²) in [6, 6.07) is 7.86. The summed E-state index contributed by atoms with van der Waals surface area (Å²) >= 11 is 0. The van der Waals surface area contributed by atoms with Crippen molar-refractivity contribution in [2.75, 3.05) is 24.3 Å². The Morgan fingerprint density at radius 1 is 1.30 bits per heavy atom. The summed E-state index contributed by atoms with van der Waals surface area (Å²) in [5, 5.41) is 3.08. The van der Waals surface area contributed by atoms with E-state index in [1.54, 1.807) is 7.05 Å². The lowest BCUT2D eigenvalue weighted by Gasteiger charge is -2.22. The number of para-hydroxylation sites is 2. The maximum absolute atomic E-state index is 12.3. The number of nitrogens with zero attached hydrogens (tertiary/aromatic N) is 2. The minimum Gasteiger partial charge on any atom is -0.332 e. The summed E-state index contributed by atoms with van der Waals surface area (Å²) in [5.74, 6) is 1.23. The van der Waals surface area contributed by atoms with E-state index in [9.17, 15) is 4.79 Å². The largest absolute Gasteiger partial charge is 0.332 e. The molecule has 0 saturated heterocycles. The second-order valence-electron chi connectivity index (χ2n) is 5.32. The Morgan fingerprint density at radius 3 is 2.60 bits per heavy atom. The fraction of sp³-hybridized carbons (Fsp3) is 0.500. The van der Waals surface area contributed by atoms with E-state index in [2.05, 4.69) is 10.3 Å². The summed E-state index contributed by atoms with van der Waals surface area (Å²) in [5.41, 5.74) is 1.83. The smallest absolute Gasteiger partial charge is 0.227 e. The summed E-state index contributed by atoms with van der Waals surface area (Å²) in [7, 11) is 3.73. The van der Waals surface area contributed by atoms with Crippen LogP contribution in [0.5, 0.6) is 0 Å². The predicted molar refractivity (Wildman–Crippen MR) is 84.5 cm³/mol. The molecule has 1 saturated carbocycles. The number of rotatable bonds is 3. The highest BCUT2D eigenvalue weighted by Gasteiger charge is 2.23. The van der Waals surface area contributed by atoms with E-state index >= 15 is 0 Å². The highest BCUT2D eigenvalue weighted by Crippen LogP contribution is 2.29. The summed E-state index contributed by atoms with van der Waals surface area (Å²) in [4.78, 5) is 18.5. The van der Waals surface area contributed by atoms with Gasteiger partial charge >= 0.3 is 0 Å². The molecule has 4 nitrogen and oxygen atoms in total. The van der Waals surface area contributed by atoms with Crippen LogP contribution in [-0.2, 0) is 4.79 Å². The quantitative estimate of drug-likeness (QED) is 0.678. The van der Waals surface area contributed by atoms with Gasteiger partial charge in [0, 0.05) is 20.0 Å². The van der Waals surface area contributed by atoms with Crippen LogP contribution >= 0.6 is 0 Å². The molecule has 4 heteroatoms. The van der Waals surface area contributed by atoms with Crippen LogP contribution in [0, 0.1) is 5.92 Å². The van der Waals surface area contributed by atoms with Crippen LogP contribution in [0.4, 0.5) is 11.4 Å². The molecule has 0 radical (unpaired) electrons. The molecular weight excluding hydrogens is 250 g/mol. The van der Waals surface area contributed by atoms with Gasteiger partial charge in [-0.3, -0.25) is 9.79 Å². The van der Waals surface area contributed by atoms with E-state index in [4.69, 9.17) is 0 Å². The molecule has 108 valence electrons. The molecule has 0 heterocycles. The van der Waals surface area contributed by atoms with Crippen molar-refractivity contribution in [2.45, 2.75) is 32.6 Å². The first-order chi connectivity index (χ1) is 9.63. The summed E-state index contributed by atoms with van der Waals surface area (Å²) in [6.45, 7) is 1.95. The molecule has 0 unspecified atom stereocenters. The molecule has 1 amide bonds. The van der Waals surface area contributed by atoms with Gasteiger partial charge in [0.15, 0.2) is 0 Å². The van der Waals surface area contributed by atoms with Gasteiger partial charge in [-0.2, -0.15) is 0 Å². The van der Waals surface area contributed by atoms with E-state index in [0.29, 0.717) is 0 Å². The maximum atomic E-state index is 12.3. The molecule has 1 aromatic carbocycles. The van der Waals surface area contributed by atoms with Gasteiger partial charge in [-0.05, 0) is 31.9 Å². The van der Waals surface area contributed by atoms with Gasteiger partial charge in [-0.25, -0.2) is 0 Å². The number of amidine groups is 1. The molecule has 1 aliphatic carbocycles. The van der Waals surface area contributed by atoms with Crippen molar-refractivity contribution in [1.82, 2.24) is 0 Å². The third kappa shape index (κ3) is 3.18. The van der Waals surface area contributed by atoms with Gasteiger partial charge in [-0.1, -0.05) is 25.0 Å². The van der Waals surface area contributed by atoms with E-state index in [1.807, 2.05) is 43.1 Å². The predicted octanol–water partition coefficient (Wildman–Crippen LogP) is 3.30. The van der Waals surface area contributed by atoms with Gasteiger partial charge in [-0.15, -0.1) is 0 Å². The highest BCUT2D eigenvalue weighted by atomic mass is 16.1. The van der Waals surface area contributed by atoms with Gasteiger partial charge in [0.2, 0.25) is 5.91 Å². The van der Waals surface area contributed by atoms with Gasteiger partial charge < -0.3 is 10.2 Å². The fourth-order valence-corrected chi connectivity index (χ4v) is 2.62. The van der Waals surface area contributed by atoms with Crippen molar-refractivity contribution in [3.05, 3.63) is 24.3 Å². The highest BCUT2D eigenvalue weighted by molar-refractivity contribution is 6.02. The van der Waals surface area contributed by atoms with E-state index in [0.717, 1.165) is 30.1 Å². The molecule has 1 N–H and O–H groups in total. The summed E-state index contributed by atoms with van der Waals surface area (Å²) < 4.78 is 0. The lowest BCUT2D eigenvalue weighted by molar-refractivity contribution is -0.119. The van der Waals surface area contributed by atoms with Crippen LogP contribution in [0.25, 0.3) is 0 Å². The van der Waals surface area contributed by atoms with Crippen LogP contribution in [0.15, 0.2) is 29.3 Å². The average Bonchev–Trinajstić information content (AvgIpc) is 3.00. The Hall–Kier alpha value is -1.84. The number of benzene rings is 1. The van der Waals surface area contributed by atoms with Crippen molar-refractivity contribution in [3.8, 4) is 0 Å². The SMILES string of the molecule is CN=C(C)N(C)c1ccccc1NC(=O)C1CCCC1. The maximum Gasteiger partial charge on any atom is 0.227 e. The molecule has 1 aliphatic rings. The zero-order valence-electron chi connectivity index (χ0n) is 12.5. The monoisotopic (exact) mass is 273 g/mol. The van der Waals surface area contributed by atoms with Crippen molar-refractivity contribution in [3.63, 3.8) is 0 Å². The molecule has 0 aromatic heterocycles.